The first-order valence-corrected chi connectivity index (χ1v) is 7.02. The average Bonchev–Trinajstić information content (AvgIpc) is 2.52. The molecule has 4 N–H and O–H groups in total. The SMILES string of the molecule is Cc1ccccc1CNC(=O)CNc1ccccc1C(N)=O. The van der Waals surface area contributed by atoms with Gasteiger partial charge in [-0.05, 0) is 30.2 Å². The molecule has 0 atom stereocenters. The minimum atomic E-state index is -0.525. The number of primary amides is 1. The van der Waals surface area contributed by atoms with Crippen LogP contribution in [0.2, 0.25) is 0 Å². The Morgan fingerprint density at radius 2 is 1.73 bits per heavy atom. The van der Waals surface area contributed by atoms with Crippen LogP contribution in [-0.4, -0.2) is 18.4 Å². The van der Waals surface area contributed by atoms with Gasteiger partial charge < -0.3 is 16.4 Å². The van der Waals surface area contributed by atoms with Crippen LogP contribution in [0.1, 0.15) is 21.5 Å². The van der Waals surface area contributed by atoms with Crippen molar-refractivity contribution in [1.29, 1.82) is 0 Å². The van der Waals surface area contributed by atoms with Gasteiger partial charge in [0.25, 0.3) is 5.91 Å². The number of nitrogens with one attached hydrogen (secondary N) is 2. The summed E-state index contributed by atoms with van der Waals surface area (Å²) < 4.78 is 0. The van der Waals surface area contributed by atoms with Gasteiger partial charge in [0.05, 0.1) is 12.1 Å². The van der Waals surface area contributed by atoms with E-state index in [9.17, 15) is 9.59 Å². The van der Waals surface area contributed by atoms with E-state index in [2.05, 4.69) is 10.6 Å². The monoisotopic (exact) mass is 297 g/mol. The Morgan fingerprint density at radius 1 is 1.05 bits per heavy atom. The van der Waals surface area contributed by atoms with Crippen molar-refractivity contribution < 1.29 is 9.59 Å². The second kappa shape index (κ2) is 7.26. The average molecular weight is 297 g/mol. The van der Waals surface area contributed by atoms with Gasteiger partial charge in [-0.3, -0.25) is 9.59 Å². The van der Waals surface area contributed by atoms with Crippen molar-refractivity contribution in [2.24, 2.45) is 5.73 Å². The van der Waals surface area contributed by atoms with Crippen molar-refractivity contribution in [2.75, 3.05) is 11.9 Å². The Morgan fingerprint density at radius 3 is 2.45 bits per heavy atom. The number of rotatable bonds is 6. The van der Waals surface area contributed by atoms with E-state index < -0.39 is 5.91 Å². The van der Waals surface area contributed by atoms with Crippen molar-refractivity contribution in [3.8, 4) is 0 Å². The molecule has 0 aromatic heterocycles. The van der Waals surface area contributed by atoms with Gasteiger partial charge in [-0.2, -0.15) is 0 Å². The van der Waals surface area contributed by atoms with Gasteiger partial charge in [0.2, 0.25) is 5.91 Å². The van der Waals surface area contributed by atoms with Gasteiger partial charge in [-0.25, -0.2) is 0 Å². The zero-order chi connectivity index (χ0) is 15.9. The Kier molecular flexibility index (Phi) is 5.14. The lowest BCUT2D eigenvalue weighted by Crippen LogP contribution is -2.30. The molecule has 0 heterocycles. The van der Waals surface area contributed by atoms with E-state index in [-0.39, 0.29) is 12.5 Å². The summed E-state index contributed by atoms with van der Waals surface area (Å²) in [5.41, 5.74) is 8.43. The molecule has 0 spiro atoms. The van der Waals surface area contributed by atoms with E-state index in [4.69, 9.17) is 5.73 Å². The zero-order valence-electron chi connectivity index (χ0n) is 12.4. The highest BCUT2D eigenvalue weighted by molar-refractivity contribution is 5.98. The highest BCUT2D eigenvalue weighted by Crippen LogP contribution is 2.13. The fourth-order valence-corrected chi connectivity index (χ4v) is 2.09. The highest BCUT2D eigenvalue weighted by Gasteiger charge is 2.08. The molecule has 0 bridgehead atoms. The fraction of sp³-hybridized carbons (Fsp3) is 0.176. The first kappa shape index (κ1) is 15.6. The summed E-state index contributed by atoms with van der Waals surface area (Å²) in [4.78, 5) is 23.2. The molecule has 0 saturated carbocycles. The van der Waals surface area contributed by atoms with E-state index in [0.717, 1.165) is 11.1 Å². The Bertz CT molecular complexity index is 683. The summed E-state index contributed by atoms with van der Waals surface area (Å²) >= 11 is 0. The van der Waals surface area contributed by atoms with Crippen LogP contribution in [0.25, 0.3) is 0 Å². The minimum absolute atomic E-state index is 0.0795. The molecule has 22 heavy (non-hydrogen) atoms. The van der Waals surface area contributed by atoms with Gasteiger partial charge in [-0.15, -0.1) is 0 Å². The molecule has 0 unspecified atom stereocenters. The van der Waals surface area contributed by atoms with Gasteiger partial charge in [0.1, 0.15) is 0 Å². The third-order valence-electron chi connectivity index (χ3n) is 3.37. The summed E-state index contributed by atoms with van der Waals surface area (Å²) in [6.45, 7) is 2.56. The maximum absolute atomic E-state index is 11.9. The van der Waals surface area contributed by atoms with Gasteiger partial charge in [0, 0.05) is 12.2 Å². The third-order valence-corrected chi connectivity index (χ3v) is 3.37. The van der Waals surface area contributed by atoms with Crippen LogP contribution in [0.4, 0.5) is 5.69 Å². The fourth-order valence-electron chi connectivity index (χ4n) is 2.09. The maximum Gasteiger partial charge on any atom is 0.250 e. The van der Waals surface area contributed by atoms with Crippen molar-refractivity contribution in [3.63, 3.8) is 0 Å². The van der Waals surface area contributed by atoms with Crippen LogP contribution in [-0.2, 0) is 11.3 Å². The standard InChI is InChI=1S/C17H19N3O2/c1-12-6-2-3-7-13(12)10-20-16(21)11-19-15-9-5-4-8-14(15)17(18)22/h2-9,19H,10-11H2,1H3,(H2,18,22)(H,20,21). The molecule has 5 nitrogen and oxygen atoms in total. The van der Waals surface area contributed by atoms with Crippen LogP contribution in [0.3, 0.4) is 0 Å². The number of anilines is 1. The molecule has 0 saturated heterocycles. The van der Waals surface area contributed by atoms with Crippen molar-refractivity contribution in [1.82, 2.24) is 5.32 Å². The molecule has 2 aromatic rings. The van der Waals surface area contributed by atoms with Crippen molar-refractivity contribution in [2.45, 2.75) is 13.5 Å². The largest absolute Gasteiger partial charge is 0.376 e. The summed E-state index contributed by atoms with van der Waals surface area (Å²) in [7, 11) is 0. The van der Waals surface area contributed by atoms with Gasteiger partial charge >= 0.3 is 0 Å². The molecule has 2 aromatic carbocycles. The number of hydrogen-bond acceptors (Lipinski definition) is 3. The predicted octanol–water partition coefficient (Wildman–Crippen LogP) is 1.82. The molecular formula is C17H19N3O2. The summed E-state index contributed by atoms with van der Waals surface area (Å²) in [5.74, 6) is -0.675. The number of carbonyl (C=O) groups excluding carboxylic acids is 2. The summed E-state index contributed by atoms with van der Waals surface area (Å²) in [5, 5.41) is 5.77. The predicted molar refractivity (Wildman–Crippen MR) is 86.5 cm³/mol. The van der Waals surface area contributed by atoms with Crippen LogP contribution in [0, 0.1) is 6.92 Å². The number of hydrogen-bond donors (Lipinski definition) is 3. The number of benzene rings is 2. The molecule has 0 fully saturated rings. The molecule has 0 aliphatic rings. The lowest BCUT2D eigenvalue weighted by atomic mass is 10.1. The second-order valence-corrected chi connectivity index (χ2v) is 4.97. The molecule has 0 aliphatic heterocycles. The van der Waals surface area contributed by atoms with Crippen LogP contribution >= 0.6 is 0 Å². The lowest BCUT2D eigenvalue weighted by Gasteiger charge is -2.11. The van der Waals surface area contributed by atoms with Crippen molar-refractivity contribution in [3.05, 3.63) is 65.2 Å². The second-order valence-electron chi connectivity index (χ2n) is 4.97. The molecule has 2 rings (SSSR count). The molecular weight excluding hydrogens is 278 g/mol. The number of aryl methyl sites for hydroxylation is 1. The highest BCUT2D eigenvalue weighted by atomic mass is 16.2. The quantitative estimate of drug-likeness (QED) is 0.760. The lowest BCUT2D eigenvalue weighted by molar-refractivity contribution is -0.119. The van der Waals surface area contributed by atoms with Gasteiger partial charge in [0.15, 0.2) is 0 Å². The molecule has 114 valence electrons. The number of amides is 2. The molecule has 0 aliphatic carbocycles. The molecule has 0 radical (unpaired) electrons. The number of nitrogens with two attached hydrogens (primary N) is 1. The van der Waals surface area contributed by atoms with E-state index in [0.29, 0.717) is 17.8 Å². The normalized spacial score (nSPS) is 10.0. The summed E-state index contributed by atoms with van der Waals surface area (Å²) in [6, 6.07) is 14.7. The van der Waals surface area contributed by atoms with Crippen LogP contribution in [0.15, 0.2) is 48.5 Å². The smallest absolute Gasteiger partial charge is 0.250 e. The number of para-hydroxylation sites is 1. The maximum atomic E-state index is 11.9. The topological polar surface area (TPSA) is 84.2 Å². The van der Waals surface area contributed by atoms with E-state index >= 15 is 0 Å². The van der Waals surface area contributed by atoms with E-state index in [1.54, 1.807) is 24.3 Å². The zero-order valence-corrected chi connectivity index (χ0v) is 12.4. The molecule has 5 heteroatoms. The van der Waals surface area contributed by atoms with Crippen LogP contribution < -0.4 is 16.4 Å². The van der Waals surface area contributed by atoms with E-state index in [1.165, 1.54) is 0 Å². The van der Waals surface area contributed by atoms with Crippen LogP contribution in [0.5, 0.6) is 0 Å². The Hall–Kier alpha value is -2.82. The Balaban J connectivity index is 1.89. The summed E-state index contributed by atoms with van der Waals surface area (Å²) in [6.07, 6.45) is 0. The Labute approximate surface area is 129 Å². The number of carbonyl (C=O) groups is 2. The molecule has 2 amide bonds. The van der Waals surface area contributed by atoms with Gasteiger partial charge in [-0.1, -0.05) is 36.4 Å². The van der Waals surface area contributed by atoms with E-state index in [1.807, 2.05) is 31.2 Å². The minimum Gasteiger partial charge on any atom is -0.376 e. The third kappa shape index (κ3) is 4.09. The first-order valence-electron chi connectivity index (χ1n) is 7.02. The first-order chi connectivity index (χ1) is 10.6. The van der Waals surface area contributed by atoms with Crippen molar-refractivity contribution >= 4 is 17.5 Å².